The zero-order valence-electron chi connectivity index (χ0n) is 11.9. The summed E-state index contributed by atoms with van der Waals surface area (Å²) in [6.07, 6.45) is 5.23. The van der Waals surface area contributed by atoms with Gasteiger partial charge < -0.3 is 10.1 Å². The minimum Gasteiger partial charge on any atom is -0.377 e. The number of nitrogens with one attached hydrogen (secondary N) is 1. The van der Waals surface area contributed by atoms with Gasteiger partial charge in [0.15, 0.2) is 0 Å². The lowest BCUT2D eigenvalue weighted by Crippen LogP contribution is -2.46. The van der Waals surface area contributed by atoms with E-state index in [0.29, 0.717) is 12.1 Å². The van der Waals surface area contributed by atoms with Crippen molar-refractivity contribution >= 4 is 0 Å². The first kappa shape index (κ1) is 15.9. The Morgan fingerprint density at radius 2 is 1.62 bits per heavy atom. The molecule has 0 heterocycles. The van der Waals surface area contributed by atoms with Crippen LogP contribution >= 0.6 is 0 Å². The van der Waals surface area contributed by atoms with Crippen LogP contribution in [0.15, 0.2) is 0 Å². The summed E-state index contributed by atoms with van der Waals surface area (Å²) in [5, 5.41) is 3.63. The molecule has 0 aliphatic rings. The predicted molar refractivity (Wildman–Crippen MR) is 71.9 cm³/mol. The second kappa shape index (κ2) is 10.1. The van der Waals surface area contributed by atoms with Crippen LogP contribution < -0.4 is 5.32 Å². The van der Waals surface area contributed by atoms with Gasteiger partial charge in [0.1, 0.15) is 0 Å². The molecule has 2 heteroatoms. The van der Waals surface area contributed by atoms with Crippen molar-refractivity contribution in [1.82, 2.24) is 5.32 Å². The Bertz CT molecular complexity index is 140. The number of ether oxygens (including phenoxy) is 1. The number of likely N-dealkylation sites (N-methyl/N-ethyl adjacent to an activating group) is 1. The van der Waals surface area contributed by atoms with Gasteiger partial charge in [-0.15, -0.1) is 0 Å². The van der Waals surface area contributed by atoms with Crippen molar-refractivity contribution in [3.8, 4) is 0 Å². The van der Waals surface area contributed by atoms with Crippen LogP contribution in [0.5, 0.6) is 0 Å². The Balaban J connectivity index is 4.52. The minimum absolute atomic E-state index is 0.389. The van der Waals surface area contributed by atoms with Gasteiger partial charge in [-0.1, -0.05) is 47.0 Å². The van der Waals surface area contributed by atoms with Gasteiger partial charge in [0.2, 0.25) is 0 Å². The minimum atomic E-state index is 0.389. The number of hydrogen-bond donors (Lipinski definition) is 1. The first-order valence-electron chi connectivity index (χ1n) is 7.09. The van der Waals surface area contributed by atoms with Crippen LogP contribution in [0.4, 0.5) is 0 Å². The molecular weight excluding hydrogens is 198 g/mol. The highest BCUT2D eigenvalue weighted by Crippen LogP contribution is 2.20. The van der Waals surface area contributed by atoms with E-state index in [1.54, 1.807) is 0 Å². The maximum absolute atomic E-state index is 5.92. The van der Waals surface area contributed by atoms with Crippen molar-refractivity contribution in [2.75, 3.05) is 13.2 Å². The Labute approximate surface area is 102 Å². The van der Waals surface area contributed by atoms with Crippen LogP contribution in [-0.2, 0) is 4.74 Å². The summed E-state index contributed by atoms with van der Waals surface area (Å²) in [5.74, 6) is 0.739. The molecule has 0 amide bonds. The molecule has 2 unspecified atom stereocenters. The van der Waals surface area contributed by atoms with E-state index >= 15 is 0 Å². The van der Waals surface area contributed by atoms with Crippen LogP contribution in [0.25, 0.3) is 0 Å². The fraction of sp³-hybridized carbons (Fsp3) is 1.00. The third-order valence-corrected chi connectivity index (χ3v) is 3.35. The monoisotopic (exact) mass is 229 g/mol. The lowest BCUT2D eigenvalue weighted by atomic mass is 9.88. The van der Waals surface area contributed by atoms with Crippen molar-refractivity contribution in [2.24, 2.45) is 5.92 Å². The molecule has 0 radical (unpaired) electrons. The summed E-state index contributed by atoms with van der Waals surface area (Å²) < 4.78 is 5.92. The molecule has 2 nitrogen and oxygen atoms in total. The molecule has 0 aromatic carbocycles. The van der Waals surface area contributed by atoms with Gasteiger partial charge in [0.05, 0.1) is 6.10 Å². The molecule has 0 aliphatic carbocycles. The maximum atomic E-state index is 5.92. The van der Waals surface area contributed by atoms with E-state index in [1.165, 1.54) is 25.7 Å². The van der Waals surface area contributed by atoms with E-state index in [4.69, 9.17) is 4.74 Å². The van der Waals surface area contributed by atoms with Gasteiger partial charge in [-0.2, -0.15) is 0 Å². The van der Waals surface area contributed by atoms with E-state index in [9.17, 15) is 0 Å². The van der Waals surface area contributed by atoms with Gasteiger partial charge in [-0.05, 0) is 25.8 Å². The van der Waals surface area contributed by atoms with Crippen molar-refractivity contribution in [2.45, 2.75) is 72.4 Å². The van der Waals surface area contributed by atoms with E-state index in [2.05, 4.69) is 39.9 Å². The molecule has 0 aliphatic heterocycles. The second-order valence-electron chi connectivity index (χ2n) is 4.44. The average Bonchev–Trinajstić information content (AvgIpc) is 2.29. The zero-order valence-corrected chi connectivity index (χ0v) is 11.9. The smallest absolute Gasteiger partial charge is 0.0730 e. The average molecular weight is 229 g/mol. The van der Waals surface area contributed by atoms with E-state index in [1.807, 2.05) is 0 Å². The molecule has 0 saturated heterocycles. The molecule has 0 saturated carbocycles. The fourth-order valence-electron chi connectivity index (χ4n) is 2.50. The summed E-state index contributed by atoms with van der Waals surface area (Å²) >= 11 is 0. The highest BCUT2D eigenvalue weighted by atomic mass is 16.5. The summed E-state index contributed by atoms with van der Waals surface area (Å²) in [6, 6.07) is 0.528. The second-order valence-corrected chi connectivity index (χ2v) is 4.44. The Morgan fingerprint density at radius 3 is 2.00 bits per heavy atom. The van der Waals surface area contributed by atoms with Crippen molar-refractivity contribution in [3.63, 3.8) is 0 Å². The highest BCUT2D eigenvalue weighted by molar-refractivity contribution is 4.82. The van der Waals surface area contributed by atoms with Crippen LogP contribution in [0, 0.1) is 5.92 Å². The van der Waals surface area contributed by atoms with E-state index in [0.717, 1.165) is 19.1 Å². The van der Waals surface area contributed by atoms with E-state index < -0.39 is 0 Å². The van der Waals surface area contributed by atoms with Gasteiger partial charge in [-0.3, -0.25) is 0 Å². The molecule has 0 aromatic rings. The molecule has 98 valence electrons. The molecule has 0 fully saturated rings. The summed E-state index contributed by atoms with van der Waals surface area (Å²) in [6.45, 7) is 13.0. The Hall–Kier alpha value is -0.0800. The van der Waals surface area contributed by atoms with Gasteiger partial charge in [0.25, 0.3) is 0 Å². The summed E-state index contributed by atoms with van der Waals surface area (Å²) in [5.41, 5.74) is 0. The Kier molecular flexibility index (Phi) is 10.0. The normalized spacial score (nSPS) is 15.4. The van der Waals surface area contributed by atoms with Gasteiger partial charge in [0, 0.05) is 12.6 Å². The quantitative estimate of drug-likeness (QED) is 0.618. The first-order chi connectivity index (χ1) is 7.74. The number of hydrogen-bond acceptors (Lipinski definition) is 2. The third-order valence-electron chi connectivity index (χ3n) is 3.35. The lowest BCUT2D eigenvalue weighted by Gasteiger charge is -2.33. The summed E-state index contributed by atoms with van der Waals surface area (Å²) in [7, 11) is 0. The van der Waals surface area contributed by atoms with Gasteiger partial charge in [-0.25, -0.2) is 0 Å². The van der Waals surface area contributed by atoms with Crippen LogP contribution in [0.2, 0.25) is 0 Å². The van der Waals surface area contributed by atoms with Crippen LogP contribution in [0.1, 0.15) is 60.3 Å². The van der Waals surface area contributed by atoms with Crippen LogP contribution in [0.3, 0.4) is 0 Å². The number of rotatable bonds is 10. The predicted octanol–water partition coefficient (Wildman–Crippen LogP) is 3.61. The van der Waals surface area contributed by atoms with Gasteiger partial charge >= 0.3 is 0 Å². The topological polar surface area (TPSA) is 21.3 Å². The standard InChI is InChI=1S/C14H31NO/c1-6-11-13(16-10-5)14(15-9-4)12(7-2)8-3/h12-15H,6-11H2,1-5H3. The lowest BCUT2D eigenvalue weighted by molar-refractivity contribution is 0.0106. The largest absolute Gasteiger partial charge is 0.377 e. The molecule has 0 bridgehead atoms. The molecule has 0 spiro atoms. The maximum Gasteiger partial charge on any atom is 0.0730 e. The molecular formula is C14H31NO. The molecule has 2 atom stereocenters. The van der Waals surface area contributed by atoms with Crippen molar-refractivity contribution < 1.29 is 4.74 Å². The molecule has 16 heavy (non-hydrogen) atoms. The zero-order chi connectivity index (χ0) is 12.4. The van der Waals surface area contributed by atoms with Crippen molar-refractivity contribution in [3.05, 3.63) is 0 Å². The third kappa shape index (κ3) is 5.31. The van der Waals surface area contributed by atoms with Crippen LogP contribution in [-0.4, -0.2) is 25.3 Å². The summed E-state index contributed by atoms with van der Waals surface area (Å²) in [4.78, 5) is 0. The SMILES string of the molecule is CCCC(OCC)C(NCC)C(CC)CC. The fourth-order valence-corrected chi connectivity index (χ4v) is 2.50. The molecule has 0 rings (SSSR count). The van der Waals surface area contributed by atoms with E-state index in [-0.39, 0.29) is 0 Å². The Morgan fingerprint density at radius 1 is 1.00 bits per heavy atom. The van der Waals surface area contributed by atoms with Crippen molar-refractivity contribution in [1.29, 1.82) is 0 Å². The molecule has 1 N–H and O–H groups in total. The first-order valence-corrected chi connectivity index (χ1v) is 7.09. The molecule has 0 aromatic heterocycles. The highest BCUT2D eigenvalue weighted by Gasteiger charge is 2.26.